The molecule has 0 aliphatic rings. The van der Waals surface area contributed by atoms with Gasteiger partial charge in [-0.2, -0.15) is 0 Å². The first kappa shape index (κ1) is 12.7. The van der Waals surface area contributed by atoms with Crippen LogP contribution < -0.4 is 11.1 Å². The van der Waals surface area contributed by atoms with Crippen molar-refractivity contribution in [3.8, 4) is 0 Å². The molecular weight excluding hydrogens is 182 g/mol. The Morgan fingerprint density at radius 1 is 1.57 bits per heavy atom. The molecule has 0 aromatic carbocycles. The molecule has 5 heteroatoms. The van der Waals surface area contributed by atoms with Crippen LogP contribution >= 0.6 is 0 Å². The van der Waals surface area contributed by atoms with Crippen molar-refractivity contribution >= 4 is 11.7 Å². The van der Waals surface area contributed by atoms with E-state index in [9.17, 15) is 4.79 Å². The Labute approximate surface area is 84.4 Å². The summed E-state index contributed by atoms with van der Waals surface area (Å²) in [4.78, 5) is 11.3. The van der Waals surface area contributed by atoms with Gasteiger partial charge in [0.05, 0.1) is 6.04 Å². The lowest BCUT2D eigenvalue weighted by molar-refractivity contribution is -0.121. The van der Waals surface area contributed by atoms with Gasteiger partial charge in [0.15, 0.2) is 5.84 Å². The standard InChI is InChI=1S/C9H19N3O2/c1-3-5-6-8(13)11-7(4-2)9(10)12-14/h7,14H,3-6H2,1-2H3,(H2,10,12)(H,11,13). The number of nitrogens with two attached hydrogens (primary N) is 1. The highest BCUT2D eigenvalue weighted by molar-refractivity contribution is 5.89. The second kappa shape index (κ2) is 7.17. The number of carbonyl (C=O) groups excluding carboxylic acids is 1. The molecule has 4 N–H and O–H groups in total. The Bertz CT molecular complexity index is 204. The van der Waals surface area contributed by atoms with Crippen molar-refractivity contribution in [1.29, 1.82) is 0 Å². The van der Waals surface area contributed by atoms with Crippen LogP contribution in [-0.2, 0) is 4.79 Å². The molecule has 1 atom stereocenters. The summed E-state index contributed by atoms with van der Waals surface area (Å²) >= 11 is 0. The van der Waals surface area contributed by atoms with Gasteiger partial charge < -0.3 is 16.3 Å². The summed E-state index contributed by atoms with van der Waals surface area (Å²) in [6.07, 6.45) is 2.95. The van der Waals surface area contributed by atoms with E-state index in [1.807, 2.05) is 13.8 Å². The third-order valence-corrected chi connectivity index (χ3v) is 1.97. The summed E-state index contributed by atoms with van der Waals surface area (Å²) in [6, 6.07) is -0.357. The lowest BCUT2D eigenvalue weighted by Gasteiger charge is -2.14. The number of hydrogen-bond donors (Lipinski definition) is 3. The average molecular weight is 201 g/mol. The monoisotopic (exact) mass is 201 g/mol. The maximum absolute atomic E-state index is 11.3. The van der Waals surface area contributed by atoms with Gasteiger partial charge in [0.2, 0.25) is 5.91 Å². The summed E-state index contributed by atoms with van der Waals surface area (Å²) in [5, 5.41) is 14.0. The Balaban J connectivity index is 3.99. The van der Waals surface area contributed by atoms with Crippen molar-refractivity contribution in [1.82, 2.24) is 5.32 Å². The Hall–Kier alpha value is -1.26. The summed E-state index contributed by atoms with van der Waals surface area (Å²) in [5.41, 5.74) is 5.39. The normalized spacial score (nSPS) is 13.7. The molecule has 0 bridgehead atoms. The molecule has 0 heterocycles. The summed E-state index contributed by atoms with van der Waals surface area (Å²) in [6.45, 7) is 3.89. The Kier molecular flexibility index (Phi) is 6.53. The summed E-state index contributed by atoms with van der Waals surface area (Å²) in [5.74, 6) is 0.00245. The van der Waals surface area contributed by atoms with Gasteiger partial charge in [-0.05, 0) is 12.8 Å². The molecule has 0 radical (unpaired) electrons. The highest BCUT2D eigenvalue weighted by Gasteiger charge is 2.13. The van der Waals surface area contributed by atoms with E-state index in [0.29, 0.717) is 12.8 Å². The minimum absolute atomic E-state index is 0.0506. The van der Waals surface area contributed by atoms with Gasteiger partial charge in [0.1, 0.15) is 0 Å². The number of amides is 1. The molecule has 82 valence electrons. The number of rotatable bonds is 6. The van der Waals surface area contributed by atoms with E-state index in [4.69, 9.17) is 10.9 Å². The fraction of sp³-hybridized carbons (Fsp3) is 0.778. The molecule has 0 aromatic heterocycles. The van der Waals surface area contributed by atoms with Crippen LogP contribution in [0, 0.1) is 0 Å². The van der Waals surface area contributed by atoms with Gasteiger partial charge in [0, 0.05) is 6.42 Å². The van der Waals surface area contributed by atoms with Crippen molar-refractivity contribution in [2.45, 2.75) is 45.6 Å². The fourth-order valence-corrected chi connectivity index (χ4v) is 1.06. The SMILES string of the molecule is CCCCC(=O)NC(CC)/C(N)=N/O. The molecule has 1 unspecified atom stereocenters. The van der Waals surface area contributed by atoms with Crippen LogP contribution in [0.25, 0.3) is 0 Å². The second-order valence-corrected chi connectivity index (χ2v) is 3.16. The van der Waals surface area contributed by atoms with Crippen LogP contribution in [-0.4, -0.2) is 23.0 Å². The number of oxime groups is 1. The van der Waals surface area contributed by atoms with E-state index < -0.39 is 0 Å². The lowest BCUT2D eigenvalue weighted by Crippen LogP contribution is -2.44. The van der Waals surface area contributed by atoms with Gasteiger partial charge in [-0.1, -0.05) is 25.4 Å². The molecule has 0 spiro atoms. The predicted octanol–water partition coefficient (Wildman–Crippen LogP) is 0.818. The summed E-state index contributed by atoms with van der Waals surface area (Å²) in [7, 11) is 0. The number of hydrogen-bond acceptors (Lipinski definition) is 3. The number of nitrogens with zero attached hydrogens (tertiary/aromatic N) is 1. The third-order valence-electron chi connectivity index (χ3n) is 1.97. The minimum Gasteiger partial charge on any atom is -0.409 e. The Morgan fingerprint density at radius 2 is 2.21 bits per heavy atom. The van der Waals surface area contributed by atoms with Crippen LogP contribution in [0.1, 0.15) is 39.5 Å². The van der Waals surface area contributed by atoms with E-state index in [-0.39, 0.29) is 17.8 Å². The fourth-order valence-electron chi connectivity index (χ4n) is 1.06. The zero-order chi connectivity index (χ0) is 11.0. The quantitative estimate of drug-likeness (QED) is 0.257. The van der Waals surface area contributed by atoms with Crippen molar-refractivity contribution < 1.29 is 10.0 Å². The maximum atomic E-state index is 11.3. The number of unbranched alkanes of at least 4 members (excludes halogenated alkanes) is 1. The third kappa shape index (κ3) is 4.69. The first-order chi connectivity index (χ1) is 6.65. The van der Waals surface area contributed by atoms with Gasteiger partial charge in [0.25, 0.3) is 0 Å². The maximum Gasteiger partial charge on any atom is 0.220 e. The van der Waals surface area contributed by atoms with Gasteiger partial charge >= 0.3 is 0 Å². The summed E-state index contributed by atoms with van der Waals surface area (Å²) < 4.78 is 0. The first-order valence-electron chi connectivity index (χ1n) is 4.92. The van der Waals surface area contributed by atoms with Gasteiger partial charge in [-0.25, -0.2) is 0 Å². The van der Waals surface area contributed by atoms with Crippen LogP contribution in [0.3, 0.4) is 0 Å². The van der Waals surface area contributed by atoms with Crippen LogP contribution in [0.15, 0.2) is 5.16 Å². The van der Waals surface area contributed by atoms with Crippen molar-refractivity contribution in [2.24, 2.45) is 10.9 Å². The molecule has 1 amide bonds. The van der Waals surface area contributed by atoms with Gasteiger partial charge in [-0.3, -0.25) is 4.79 Å². The predicted molar refractivity (Wildman–Crippen MR) is 55.2 cm³/mol. The van der Waals surface area contributed by atoms with Crippen LogP contribution in [0.5, 0.6) is 0 Å². The average Bonchev–Trinajstić information content (AvgIpc) is 2.21. The van der Waals surface area contributed by atoms with Gasteiger partial charge in [-0.15, -0.1) is 0 Å². The van der Waals surface area contributed by atoms with Crippen molar-refractivity contribution in [3.05, 3.63) is 0 Å². The van der Waals surface area contributed by atoms with E-state index in [1.165, 1.54) is 0 Å². The molecule has 0 saturated carbocycles. The molecule has 0 aliphatic carbocycles. The topological polar surface area (TPSA) is 87.7 Å². The molecule has 0 rings (SSSR count). The molecule has 14 heavy (non-hydrogen) atoms. The molecule has 0 fully saturated rings. The molecule has 0 aromatic rings. The van der Waals surface area contributed by atoms with E-state index >= 15 is 0 Å². The zero-order valence-corrected chi connectivity index (χ0v) is 8.79. The largest absolute Gasteiger partial charge is 0.409 e. The smallest absolute Gasteiger partial charge is 0.220 e. The number of carbonyl (C=O) groups is 1. The highest BCUT2D eigenvalue weighted by atomic mass is 16.4. The first-order valence-corrected chi connectivity index (χ1v) is 4.92. The molecule has 0 saturated heterocycles. The molecule has 5 nitrogen and oxygen atoms in total. The Morgan fingerprint density at radius 3 is 2.64 bits per heavy atom. The van der Waals surface area contributed by atoms with E-state index in [0.717, 1.165) is 12.8 Å². The number of nitrogens with one attached hydrogen (secondary N) is 1. The van der Waals surface area contributed by atoms with Crippen LogP contribution in [0.4, 0.5) is 0 Å². The van der Waals surface area contributed by atoms with Crippen LogP contribution in [0.2, 0.25) is 0 Å². The van der Waals surface area contributed by atoms with E-state index in [1.54, 1.807) is 0 Å². The van der Waals surface area contributed by atoms with Crippen molar-refractivity contribution in [2.75, 3.05) is 0 Å². The molecular formula is C9H19N3O2. The highest BCUT2D eigenvalue weighted by Crippen LogP contribution is 1.96. The lowest BCUT2D eigenvalue weighted by atomic mass is 10.2. The minimum atomic E-state index is -0.357. The van der Waals surface area contributed by atoms with E-state index in [2.05, 4.69) is 10.5 Å². The number of amidine groups is 1. The second-order valence-electron chi connectivity index (χ2n) is 3.16. The van der Waals surface area contributed by atoms with Crippen molar-refractivity contribution in [3.63, 3.8) is 0 Å². The molecule has 0 aliphatic heterocycles. The zero-order valence-electron chi connectivity index (χ0n) is 8.79.